The first-order valence-electron chi connectivity index (χ1n) is 11.0. The number of nitrogens with one attached hydrogen (secondary N) is 1. The average Bonchev–Trinajstić information content (AvgIpc) is 3.23. The molecule has 2 heterocycles. The van der Waals surface area contributed by atoms with Crippen molar-refractivity contribution in [1.29, 1.82) is 5.41 Å². The zero-order valence-corrected chi connectivity index (χ0v) is 20.1. The number of aryl methyl sites for hydroxylation is 1. The van der Waals surface area contributed by atoms with Crippen molar-refractivity contribution in [3.63, 3.8) is 0 Å². The highest BCUT2D eigenvalue weighted by atomic mass is 32.2. The maximum Gasteiger partial charge on any atom is 0.283 e. The van der Waals surface area contributed by atoms with Crippen molar-refractivity contribution in [2.75, 3.05) is 20.3 Å². The quantitative estimate of drug-likeness (QED) is 0.408. The first-order valence-corrected chi connectivity index (χ1v) is 11.8. The summed E-state index contributed by atoms with van der Waals surface area (Å²) in [6, 6.07) is 13.1. The highest BCUT2D eigenvalue weighted by molar-refractivity contribution is 8.26. The van der Waals surface area contributed by atoms with E-state index in [-0.39, 0.29) is 11.4 Å². The number of hydrogen-bond acceptors (Lipinski definition) is 7. The molecule has 0 unspecified atom stereocenters. The van der Waals surface area contributed by atoms with Crippen molar-refractivity contribution in [3.05, 3.63) is 59.2 Å². The second kappa shape index (κ2) is 10.6. The Morgan fingerprint density at radius 2 is 1.85 bits per heavy atom. The molecule has 0 radical (unpaired) electrons. The molecule has 2 aromatic rings. The van der Waals surface area contributed by atoms with E-state index in [9.17, 15) is 4.79 Å². The smallest absolute Gasteiger partial charge is 0.283 e. The number of carbonyl (C=O) groups excluding carboxylic acids is 1. The predicted molar refractivity (Wildman–Crippen MR) is 135 cm³/mol. The first kappa shape index (κ1) is 23.6. The summed E-state index contributed by atoms with van der Waals surface area (Å²) in [6.07, 6.45) is 3.34. The maximum absolute atomic E-state index is 12.6. The van der Waals surface area contributed by atoms with Crippen molar-refractivity contribution >= 4 is 39.8 Å². The van der Waals surface area contributed by atoms with Crippen LogP contribution in [0.5, 0.6) is 17.2 Å². The molecule has 0 aliphatic carbocycles. The first-order chi connectivity index (χ1) is 16.5. The Hall–Kier alpha value is -3.59. The van der Waals surface area contributed by atoms with Crippen LogP contribution in [0.3, 0.4) is 0 Å². The topological polar surface area (TPSA) is 96.6 Å². The molecular formula is C25H26N4O4S. The number of thioether (sulfide) groups is 1. The van der Waals surface area contributed by atoms with E-state index < -0.39 is 5.91 Å². The summed E-state index contributed by atoms with van der Waals surface area (Å²) in [4.78, 5) is 16.7. The highest BCUT2D eigenvalue weighted by Crippen LogP contribution is 2.32. The minimum absolute atomic E-state index is 0.0150. The number of fused-ring (bicyclic) bond motifs is 1. The van der Waals surface area contributed by atoms with Crippen LogP contribution < -0.4 is 14.2 Å². The molecule has 2 aliphatic heterocycles. The second-order valence-corrected chi connectivity index (χ2v) is 8.68. The molecule has 0 bridgehead atoms. The second-order valence-electron chi connectivity index (χ2n) is 7.64. The van der Waals surface area contributed by atoms with Crippen LogP contribution in [0.25, 0.3) is 6.08 Å². The number of benzene rings is 2. The molecule has 4 rings (SSSR count). The van der Waals surface area contributed by atoms with Gasteiger partial charge in [-0.05, 0) is 66.9 Å². The van der Waals surface area contributed by atoms with Crippen molar-refractivity contribution in [1.82, 2.24) is 5.01 Å². The van der Waals surface area contributed by atoms with E-state index in [4.69, 9.17) is 19.6 Å². The van der Waals surface area contributed by atoms with Gasteiger partial charge in [-0.1, -0.05) is 31.2 Å². The van der Waals surface area contributed by atoms with Crippen LogP contribution in [0.15, 0.2) is 58.1 Å². The van der Waals surface area contributed by atoms with Crippen LogP contribution in [0.2, 0.25) is 0 Å². The highest BCUT2D eigenvalue weighted by Gasteiger charge is 2.35. The number of rotatable bonds is 9. The van der Waals surface area contributed by atoms with Crippen LogP contribution in [0, 0.1) is 12.3 Å². The molecule has 0 atom stereocenters. The largest absolute Gasteiger partial charge is 0.493 e. The number of hydrazone groups is 1. The van der Waals surface area contributed by atoms with Gasteiger partial charge in [-0.3, -0.25) is 10.2 Å². The number of hydrogen-bond donors (Lipinski definition) is 1. The van der Waals surface area contributed by atoms with E-state index in [1.807, 2.05) is 31.2 Å². The molecule has 0 spiro atoms. The number of amidine groups is 2. The van der Waals surface area contributed by atoms with Crippen LogP contribution in [-0.4, -0.2) is 47.3 Å². The van der Waals surface area contributed by atoms with Crippen molar-refractivity contribution < 1.29 is 19.0 Å². The summed E-state index contributed by atoms with van der Waals surface area (Å²) in [7, 11) is 1.55. The van der Waals surface area contributed by atoms with Gasteiger partial charge in [-0.2, -0.15) is 15.1 Å². The molecule has 1 amide bonds. The lowest BCUT2D eigenvalue weighted by Crippen LogP contribution is -2.35. The molecular weight excluding hydrogens is 452 g/mol. The maximum atomic E-state index is 12.6. The van der Waals surface area contributed by atoms with Crippen molar-refractivity contribution in [2.45, 2.75) is 26.7 Å². The molecule has 9 heteroatoms. The van der Waals surface area contributed by atoms with Gasteiger partial charge in [-0.15, -0.1) is 0 Å². The lowest BCUT2D eigenvalue weighted by Gasteiger charge is -2.20. The van der Waals surface area contributed by atoms with Gasteiger partial charge in [0.05, 0.1) is 12.7 Å². The summed E-state index contributed by atoms with van der Waals surface area (Å²) in [5, 5.41) is 15.6. The molecule has 176 valence electrons. The number of nitrogens with zero attached hydrogens (tertiary/aromatic N) is 3. The minimum atomic E-state index is -0.454. The fourth-order valence-electron chi connectivity index (χ4n) is 3.43. The number of carbonyl (C=O) groups is 1. The fourth-order valence-corrected chi connectivity index (χ4v) is 4.41. The lowest BCUT2D eigenvalue weighted by molar-refractivity contribution is -0.114. The van der Waals surface area contributed by atoms with Gasteiger partial charge in [0, 0.05) is 0 Å². The number of aliphatic imine (C=N–C) groups is 1. The normalized spacial score (nSPS) is 16.3. The third kappa shape index (κ3) is 5.14. The molecule has 2 aromatic carbocycles. The van der Waals surface area contributed by atoms with E-state index >= 15 is 0 Å². The zero-order chi connectivity index (χ0) is 24.1. The fraction of sp³-hybridized carbons (Fsp3) is 0.280. The van der Waals surface area contributed by atoms with E-state index in [1.165, 1.54) is 16.8 Å². The molecule has 2 aliphatic rings. The molecule has 0 saturated heterocycles. The number of amides is 1. The molecule has 0 fully saturated rings. The molecule has 34 heavy (non-hydrogen) atoms. The molecule has 0 saturated carbocycles. The summed E-state index contributed by atoms with van der Waals surface area (Å²) in [6.45, 7) is 4.78. The third-order valence-electron chi connectivity index (χ3n) is 5.15. The summed E-state index contributed by atoms with van der Waals surface area (Å²) >= 11 is 1.34. The lowest BCUT2D eigenvalue weighted by atomic mass is 10.1. The van der Waals surface area contributed by atoms with Crippen molar-refractivity contribution in [3.8, 4) is 17.2 Å². The third-order valence-corrected chi connectivity index (χ3v) is 6.12. The van der Waals surface area contributed by atoms with Gasteiger partial charge >= 0.3 is 0 Å². The Bertz CT molecular complexity index is 1210. The van der Waals surface area contributed by atoms with Crippen LogP contribution in [0.4, 0.5) is 0 Å². The van der Waals surface area contributed by atoms with Crippen LogP contribution >= 0.6 is 11.8 Å². The number of para-hydroxylation sites is 1. The summed E-state index contributed by atoms with van der Waals surface area (Å²) in [5.41, 5.74) is 1.93. The average molecular weight is 479 g/mol. The predicted octanol–water partition coefficient (Wildman–Crippen LogP) is 4.88. The summed E-state index contributed by atoms with van der Waals surface area (Å²) < 4.78 is 17.1. The Balaban J connectivity index is 1.44. The van der Waals surface area contributed by atoms with Gasteiger partial charge in [0.2, 0.25) is 5.17 Å². The number of ether oxygens (including phenoxy) is 3. The Morgan fingerprint density at radius 3 is 2.59 bits per heavy atom. The van der Waals surface area contributed by atoms with E-state index in [2.05, 4.69) is 17.0 Å². The van der Waals surface area contributed by atoms with E-state index in [0.717, 1.165) is 29.2 Å². The Morgan fingerprint density at radius 1 is 1.09 bits per heavy atom. The SMILES string of the molecule is CCCC1=NN2C(=N)/C(=C\c3ccc(OCCOc4ccccc4C)c(OC)c3)C(=O)N=C2S1. The van der Waals surface area contributed by atoms with E-state index in [1.54, 1.807) is 31.4 Å². The van der Waals surface area contributed by atoms with E-state index in [0.29, 0.717) is 35.4 Å². The standard InChI is InChI=1S/C25H26N4O4S/c1-4-7-22-28-29-23(26)18(24(30)27-25(29)34-22)14-17-10-11-20(21(15-17)31-3)33-13-12-32-19-9-6-5-8-16(19)2/h5-6,8-11,14-15,26H,4,7,12-13H2,1-3H3/b18-14+,26-23?. The molecule has 8 nitrogen and oxygen atoms in total. The Labute approximate surface area is 202 Å². The van der Waals surface area contributed by atoms with Gasteiger partial charge in [0.25, 0.3) is 5.91 Å². The summed E-state index contributed by atoms with van der Waals surface area (Å²) in [5.74, 6) is 1.47. The minimum Gasteiger partial charge on any atom is -0.493 e. The van der Waals surface area contributed by atoms with Crippen molar-refractivity contribution in [2.24, 2.45) is 10.1 Å². The van der Waals surface area contributed by atoms with Crippen LogP contribution in [-0.2, 0) is 4.79 Å². The monoisotopic (exact) mass is 478 g/mol. The van der Waals surface area contributed by atoms with Gasteiger partial charge in [0.15, 0.2) is 17.3 Å². The van der Waals surface area contributed by atoms with Gasteiger partial charge in [-0.25, -0.2) is 0 Å². The molecule has 0 aromatic heterocycles. The zero-order valence-electron chi connectivity index (χ0n) is 19.3. The molecule has 1 N–H and O–H groups in total. The van der Waals surface area contributed by atoms with Crippen LogP contribution in [0.1, 0.15) is 30.9 Å². The number of methoxy groups -OCH3 is 1. The van der Waals surface area contributed by atoms with Gasteiger partial charge < -0.3 is 14.2 Å². The Kier molecular flexibility index (Phi) is 7.32. The van der Waals surface area contributed by atoms with Gasteiger partial charge in [0.1, 0.15) is 24.0 Å².